The first-order valence-electron chi connectivity index (χ1n) is 10.0. The summed E-state index contributed by atoms with van der Waals surface area (Å²) in [5, 5.41) is 2.87. The van der Waals surface area contributed by atoms with Crippen molar-refractivity contribution in [3.05, 3.63) is 70.3 Å². The fraction of sp³-hybridized carbons (Fsp3) is 0.417. The molecule has 4 nitrogen and oxygen atoms in total. The number of nitrogens with zero attached hydrogens (tertiary/aromatic N) is 1. The molecule has 2 amide bonds. The Kier molecular flexibility index (Phi) is 7.80. The second kappa shape index (κ2) is 10.1. The molecule has 0 unspecified atom stereocenters. The van der Waals surface area contributed by atoms with E-state index >= 15 is 0 Å². The summed E-state index contributed by atoms with van der Waals surface area (Å²) in [7, 11) is 0. The molecule has 0 spiro atoms. The largest absolute Gasteiger partial charge is 0.355 e. The van der Waals surface area contributed by atoms with Crippen LogP contribution in [0.4, 0.5) is 0 Å². The quantitative estimate of drug-likeness (QED) is 0.750. The van der Waals surface area contributed by atoms with Crippen molar-refractivity contribution in [1.82, 2.24) is 10.2 Å². The Morgan fingerprint density at radius 2 is 1.57 bits per heavy atom. The molecule has 0 heterocycles. The second-order valence-corrected chi connectivity index (χ2v) is 7.42. The number of hydrogen-bond donors (Lipinski definition) is 1. The Balaban J connectivity index is 2.28. The molecule has 1 N–H and O–H groups in total. The van der Waals surface area contributed by atoms with Crippen molar-refractivity contribution < 1.29 is 9.59 Å². The molecule has 0 saturated heterocycles. The number of benzene rings is 2. The molecule has 0 aliphatic carbocycles. The molecular weight excluding hydrogens is 348 g/mol. The van der Waals surface area contributed by atoms with Crippen LogP contribution in [0.25, 0.3) is 0 Å². The molecule has 2 aromatic rings. The number of carbonyl (C=O) groups is 2. The molecule has 0 fully saturated rings. The third-order valence-corrected chi connectivity index (χ3v) is 5.14. The van der Waals surface area contributed by atoms with Gasteiger partial charge in [-0.1, -0.05) is 55.0 Å². The molecule has 2 aromatic carbocycles. The predicted octanol–water partition coefficient (Wildman–Crippen LogP) is 4.10. The van der Waals surface area contributed by atoms with Gasteiger partial charge in [0.1, 0.15) is 6.04 Å². The Morgan fingerprint density at radius 3 is 2.14 bits per heavy atom. The third kappa shape index (κ3) is 5.69. The summed E-state index contributed by atoms with van der Waals surface area (Å²) < 4.78 is 0. The van der Waals surface area contributed by atoms with E-state index in [4.69, 9.17) is 0 Å². The van der Waals surface area contributed by atoms with Gasteiger partial charge in [-0.15, -0.1) is 0 Å². The minimum absolute atomic E-state index is 0.0260. The summed E-state index contributed by atoms with van der Waals surface area (Å²) in [6.45, 7) is 11.0. The van der Waals surface area contributed by atoms with Gasteiger partial charge in [0.05, 0.1) is 6.42 Å². The van der Waals surface area contributed by atoms with Crippen LogP contribution >= 0.6 is 0 Å². The Labute approximate surface area is 169 Å². The number of nitrogens with one attached hydrogen (secondary N) is 1. The summed E-state index contributed by atoms with van der Waals surface area (Å²) in [5.74, 6) is -0.118. The fourth-order valence-electron chi connectivity index (χ4n) is 3.29. The van der Waals surface area contributed by atoms with E-state index in [2.05, 4.69) is 25.2 Å². The van der Waals surface area contributed by atoms with Crippen molar-refractivity contribution >= 4 is 11.8 Å². The van der Waals surface area contributed by atoms with Crippen molar-refractivity contribution in [3.8, 4) is 0 Å². The molecule has 0 bridgehead atoms. The third-order valence-electron chi connectivity index (χ3n) is 5.14. The SMILES string of the molecule is CCNC(=O)[C@@H](CC)N(Cc1ccc(C)cc1)C(=O)Cc1ccc(C)c(C)c1. The topological polar surface area (TPSA) is 49.4 Å². The Hall–Kier alpha value is -2.62. The molecule has 0 aliphatic rings. The summed E-state index contributed by atoms with van der Waals surface area (Å²) in [6, 6.07) is 13.8. The lowest BCUT2D eigenvalue weighted by Crippen LogP contribution is -2.49. The van der Waals surface area contributed by atoms with Gasteiger partial charge < -0.3 is 10.2 Å². The number of hydrogen-bond acceptors (Lipinski definition) is 2. The number of rotatable bonds is 8. The lowest BCUT2D eigenvalue weighted by Gasteiger charge is -2.30. The number of likely N-dealkylation sites (N-methyl/N-ethyl adjacent to an activating group) is 1. The van der Waals surface area contributed by atoms with Gasteiger partial charge >= 0.3 is 0 Å². The maximum atomic E-state index is 13.2. The van der Waals surface area contributed by atoms with Crippen LogP contribution in [0.2, 0.25) is 0 Å². The van der Waals surface area contributed by atoms with E-state index in [1.165, 1.54) is 16.7 Å². The average molecular weight is 381 g/mol. The van der Waals surface area contributed by atoms with E-state index < -0.39 is 6.04 Å². The zero-order valence-electron chi connectivity index (χ0n) is 17.7. The lowest BCUT2D eigenvalue weighted by atomic mass is 10.0. The van der Waals surface area contributed by atoms with E-state index in [0.29, 0.717) is 25.9 Å². The highest BCUT2D eigenvalue weighted by molar-refractivity contribution is 5.88. The summed E-state index contributed by atoms with van der Waals surface area (Å²) in [4.78, 5) is 27.6. The summed E-state index contributed by atoms with van der Waals surface area (Å²) in [5.41, 5.74) is 5.56. The number of carbonyl (C=O) groups excluding carboxylic acids is 2. The highest BCUT2D eigenvalue weighted by atomic mass is 16.2. The van der Waals surface area contributed by atoms with E-state index in [1.54, 1.807) is 4.90 Å². The van der Waals surface area contributed by atoms with E-state index in [9.17, 15) is 9.59 Å². The van der Waals surface area contributed by atoms with E-state index in [0.717, 1.165) is 11.1 Å². The van der Waals surface area contributed by atoms with Crippen molar-refractivity contribution in [2.75, 3.05) is 6.54 Å². The minimum Gasteiger partial charge on any atom is -0.355 e. The van der Waals surface area contributed by atoms with Crippen LogP contribution in [0.3, 0.4) is 0 Å². The van der Waals surface area contributed by atoms with Gasteiger partial charge in [0, 0.05) is 13.1 Å². The summed E-state index contributed by atoms with van der Waals surface area (Å²) >= 11 is 0. The molecule has 2 rings (SSSR count). The van der Waals surface area contributed by atoms with Crippen molar-refractivity contribution in [2.24, 2.45) is 0 Å². The normalized spacial score (nSPS) is 11.8. The van der Waals surface area contributed by atoms with E-state index in [1.807, 2.05) is 57.2 Å². The first-order valence-corrected chi connectivity index (χ1v) is 10.0. The monoisotopic (exact) mass is 380 g/mol. The Morgan fingerprint density at radius 1 is 0.929 bits per heavy atom. The van der Waals surface area contributed by atoms with Crippen LogP contribution in [0.5, 0.6) is 0 Å². The van der Waals surface area contributed by atoms with Gasteiger partial charge in [0.2, 0.25) is 11.8 Å². The number of aryl methyl sites for hydroxylation is 3. The molecule has 0 saturated carbocycles. The van der Waals surface area contributed by atoms with Crippen LogP contribution in [-0.4, -0.2) is 29.3 Å². The Bertz CT molecular complexity index is 812. The average Bonchev–Trinajstić information content (AvgIpc) is 2.66. The molecule has 1 atom stereocenters. The highest BCUT2D eigenvalue weighted by Gasteiger charge is 2.28. The molecular formula is C24H32N2O2. The zero-order valence-corrected chi connectivity index (χ0v) is 17.7. The first-order chi connectivity index (χ1) is 13.3. The number of amides is 2. The van der Waals surface area contributed by atoms with Crippen LogP contribution < -0.4 is 5.32 Å². The molecule has 0 radical (unpaired) electrons. The summed E-state index contributed by atoms with van der Waals surface area (Å²) in [6.07, 6.45) is 0.874. The van der Waals surface area contributed by atoms with Gasteiger partial charge in [0.15, 0.2) is 0 Å². The van der Waals surface area contributed by atoms with Crippen LogP contribution in [0.1, 0.15) is 48.1 Å². The zero-order chi connectivity index (χ0) is 20.7. The molecule has 4 heteroatoms. The second-order valence-electron chi connectivity index (χ2n) is 7.42. The predicted molar refractivity (Wildman–Crippen MR) is 114 cm³/mol. The van der Waals surface area contributed by atoms with Gasteiger partial charge in [-0.3, -0.25) is 9.59 Å². The minimum atomic E-state index is -0.472. The van der Waals surface area contributed by atoms with Crippen LogP contribution in [0, 0.1) is 20.8 Å². The highest BCUT2D eigenvalue weighted by Crippen LogP contribution is 2.17. The van der Waals surface area contributed by atoms with Crippen molar-refractivity contribution in [2.45, 2.75) is 60.0 Å². The standard InChI is InChI=1S/C24H32N2O2/c1-6-22(24(28)25-7-2)26(16-20-11-8-17(3)9-12-20)23(27)15-21-13-10-18(4)19(5)14-21/h8-14,22H,6-7,15-16H2,1-5H3,(H,25,28)/t22-/m1/s1. The fourth-order valence-corrected chi connectivity index (χ4v) is 3.29. The molecule has 0 aliphatic heterocycles. The first kappa shape index (κ1) is 21.7. The van der Waals surface area contributed by atoms with Gasteiger partial charge in [-0.2, -0.15) is 0 Å². The lowest BCUT2D eigenvalue weighted by molar-refractivity contribution is -0.140. The van der Waals surface area contributed by atoms with Crippen LogP contribution in [-0.2, 0) is 22.6 Å². The molecule has 150 valence electrons. The molecule has 28 heavy (non-hydrogen) atoms. The van der Waals surface area contributed by atoms with Gasteiger partial charge in [0.25, 0.3) is 0 Å². The maximum Gasteiger partial charge on any atom is 0.242 e. The van der Waals surface area contributed by atoms with Crippen molar-refractivity contribution in [1.29, 1.82) is 0 Å². The van der Waals surface area contributed by atoms with Crippen LogP contribution in [0.15, 0.2) is 42.5 Å². The van der Waals surface area contributed by atoms with E-state index in [-0.39, 0.29) is 11.8 Å². The smallest absolute Gasteiger partial charge is 0.242 e. The van der Waals surface area contributed by atoms with Crippen molar-refractivity contribution in [3.63, 3.8) is 0 Å². The van der Waals surface area contributed by atoms with Gasteiger partial charge in [-0.05, 0) is 56.4 Å². The maximum absolute atomic E-state index is 13.2. The molecule has 0 aromatic heterocycles. The van der Waals surface area contributed by atoms with Gasteiger partial charge in [-0.25, -0.2) is 0 Å².